The van der Waals surface area contributed by atoms with Crippen LogP contribution in [0, 0.1) is 0 Å². The summed E-state index contributed by atoms with van der Waals surface area (Å²) < 4.78 is 23.6. The van der Waals surface area contributed by atoms with Crippen LogP contribution in [0.5, 0.6) is 0 Å². The molecule has 96 valence electrons. The van der Waals surface area contributed by atoms with Crippen molar-refractivity contribution in [2.75, 3.05) is 13.2 Å². The van der Waals surface area contributed by atoms with Crippen LogP contribution in [0.25, 0.3) is 0 Å². The molecular weight excluding hydrogens is 326 g/mol. The summed E-state index contributed by atoms with van der Waals surface area (Å²) >= 11 is 9.23. The van der Waals surface area contributed by atoms with Gasteiger partial charge in [-0.1, -0.05) is 33.6 Å². The third-order valence-electron chi connectivity index (χ3n) is 2.03. The molecule has 6 heteroatoms. The van der Waals surface area contributed by atoms with E-state index in [2.05, 4.69) is 15.9 Å². The van der Waals surface area contributed by atoms with Crippen LogP contribution >= 0.6 is 35.1 Å². The van der Waals surface area contributed by atoms with Crippen molar-refractivity contribution >= 4 is 35.1 Å². The summed E-state index contributed by atoms with van der Waals surface area (Å²) in [6.07, 6.45) is 0.242. The third kappa shape index (κ3) is 4.72. The van der Waals surface area contributed by atoms with Crippen molar-refractivity contribution in [3.63, 3.8) is 0 Å². The van der Waals surface area contributed by atoms with Gasteiger partial charge in [-0.25, -0.2) is 0 Å². The maximum Gasteiger partial charge on any atom is 0.335 e. The van der Waals surface area contributed by atoms with Gasteiger partial charge in [0.05, 0.1) is 19.4 Å². The Balaban J connectivity index is 2.89. The third-order valence-corrected chi connectivity index (χ3v) is 5.04. The molecule has 0 aromatic heterocycles. The molecule has 0 heterocycles. The van der Waals surface area contributed by atoms with Gasteiger partial charge in [0, 0.05) is 9.50 Å². The molecule has 0 aliphatic heterocycles. The first-order chi connectivity index (χ1) is 8.00. The van der Waals surface area contributed by atoms with Gasteiger partial charge in [-0.05, 0) is 31.5 Å². The number of halogens is 2. The van der Waals surface area contributed by atoms with Crippen molar-refractivity contribution in [3.8, 4) is 0 Å². The highest BCUT2D eigenvalue weighted by Gasteiger charge is 2.25. The topological polar surface area (TPSA) is 35.5 Å². The van der Waals surface area contributed by atoms with Crippen LogP contribution in [0.15, 0.2) is 22.7 Å². The Morgan fingerprint density at radius 2 is 1.88 bits per heavy atom. The molecule has 1 aromatic rings. The van der Waals surface area contributed by atoms with E-state index in [4.69, 9.17) is 20.6 Å². The van der Waals surface area contributed by atoms with Gasteiger partial charge >= 0.3 is 7.60 Å². The molecular formula is C11H15BrClO3P. The smallest absolute Gasteiger partial charge is 0.309 e. The molecule has 0 unspecified atom stereocenters. The Morgan fingerprint density at radius 1 is 1.29 bits per heavy atom. The van der Waals surface area contributed by atoms with Gasteiger partial charge in [0.25, 0.3) is 0 Å². The molecule has 0 atom stereocenters. The van der Waals surface area contributed by atoms with Crippen molar-refractivity contribution < 1.29 is 13.6 Å². The maximum atomic E-state index is 12.3. The quantitative estimate of drug-likeness (QED) is 0.693. The lowest BCUT2D eigenvalue weighted by atomic mass is 10.2. The Bertz CT molecular complexity index is 415. The summed E-state index contributed by atoms with van der Waals surface area (Å²) in [5.74, 6) is 0. The van der Waals surface area contributed by atoms with Gasteiger partial charge in [-0.3, -0.25) is 4.57 Å². The molecule has 0 aliphatic rings. The highest BCUT2D eigenvalue weighted by molar-refractivity contribution is 9.10. The minimum absolute atomic E-state index is 0.242. The summed E-state index contributed by atoms with van der Waals surface area (Å²) in [6.45, 7) is 4.32. The first kappa shape index (κ1) is 15.2. The summed E-state index contributed by atoms with van der Waals surface area (Å²) in [6, 6.07) is 5.33. The second kappa shape index (κ2) is 6.91. The molecule has 0 spiro atoms. The molecule has 0 fully saturated rings. The van der Waals surface area contributed by atoms with Crippen molar-refractivity contribution in [2.24, 2.45) is 0 Å². The zero-order chi connectivity index (χ0) is 12.9. The maximum absolute atomic E-state index is 12.3. The van der Waals surface area contributed by atoms with Crippen molar-refractivity contribution in [3.05, 3.63) is 33.3 Å². The van der Waals surface area contributed by atoms with Gasteiger partial charge in [-0.15, -0.1) is 0 Å². The lowest BCUT2D eigenvalue weighted by Gasteiger charge is -2.17. The Labute approximate surface area is 115 Å². The number of rotatable bonds is 6. The molecule has 0 radical (unpaired) electrons. The van der Waals surface area contributed by atoms with E-state index in [-0.39, 0.29) is 6.16 Å². The van der Waals surface area contributed by atoms with E-state index in [9.17, 15) is 4.57 Å². The SMILES string of the molecule is CCOP(=O)(Cc1ccc(Cl)cc1Br)OCC. The second-order valence-electron chi connectivity index (χ2n) is 3.34. The summed E-state index contributed by atoms with van der Waals surface area (Å²) in [7, 11) is -3.06. The van der Waals surface area contributed by atoms with Crippen LogP contribution in [-0.4, -0.2) is 13.2 Å². The second-order valence-corrected chi connectivity index (χ2v) is 6.69. The van der Waals surface area contributed by atoms with Crippen molar-refractivity contribution in [2.45, 2.75) is 20.0 Å². The van der Waals surface area contributed by atoms with Crippen LogP contribution in [0.2, 0.25) is 5.02 Å². The van der Waals surface area contributed by atoms with Gasteiger partial charge in [0.1, 0.15) is 0 Å². The average Bonchev–Trinajstić information content (AvgIpc) is 2.23. The summed E-state index contributed by atoms with van der Waals surface area (Å²) in [5.41, 5.74) is 0.861. The molecule has 0 N–H and O–H groups in total. The number of hydrogen-bond acceptors (Lipinski definition) is 3. The number of hydrogen-bond donors (Lipinski definition) is 0. The molecule has 1 rings (SSSR count). The van der Waals surface area contributed by atoms with E-state index in [0.717, 1.165) is 10.0 Å². The minimum atomic E-state index is -3.06. The predicted molar refractivity (Wildman–Crippen MR) is 73.7 cm³/mol. The zero-order valence-electron chi connectivity index (χ0n) is 9.78. The highest BCUT2D eigenvalue weighted by Crippen LogP contribution is 2.52. The normalized spacial score (nSPS) is 11.8. The zero-order valence-corrected chi connectivity index (χ0v) is 13.0. The first-order valence-electron chi connectivity index (χ1n) is 5.33. The van der Waals surface area contributed by atoms with Gasteiger partial charge < -0.3 is 9.05 Å². The van der Waals surface area contributed by atoms with E-state index in [0.29, 0.717) is 18.2 Å². The monoisotopic (exact) mass is 340 g/mol. The molecule has 0 saturated carbocycles. The fourth-order valence-electron chi connectivity index (χ4n) is 1.38. The summed E-state index contributed by atoms with van der Waals surface area (Å²) in [5, 5.41) is 0.628. The highest BCUT2D eigenvalue weighted by atomic mass is 79.9. The van der Waals surface area contributed by atoms with Crippen LogP contribution in [0.3, 0.4) is 0 Å². The van der Waals surface area contributed by atoms with Gasteiger partial charge in [0.15, 0.2) is 0 Å². The fourth-order valence-corrected chi connectivity index (χ4v) is 4.16. The largest absolute Gasteiger partial charge is 0.335 e. The van der Waals surface area contributed by atoms with E-state index in [1.54, 1.807) is 26.0 Å². The Kier molecular flexibility index (Phi) is 6.18. The Hall–Kier alpha value is 0.140. The molecule has 0 aliphatic carbocycles. The molecule has 1 aromatic carbocycles. The fraction of sp³-hybridized carbons (Fsp3) is 0.455. The molecule has 0 bridgehead atoms. The van der Waals surface area contributed by atoms with E-state index in [1.165, 1.54) is 0 Å². The van der Waals surface area contributed by atoms with Gasteiger partial charge in [0.2, 0.25) is 0 Å². The molecule has 0 amide bonds. The van der Waals surface area contributed by atoms with Crippen LogP contribution in [0.1, 0.15) is 19.4 Å². The Morgan fingerprint density at radius 3 is 2.35 bits per heavy atom. The van der Waals surface area contributed by atoms with Gasteiger partial charge in [-0.2, -0.15) is 0 Å². The van der Waals surface area contributed by atoms with E-state index in [1.807, 2.05) is 6.07 Å². The lowest BCUT2D eigenvalue weighted by molar-refractivity contribution is 0.219. The van der Waals surface area contributed by atoms with Crippen LogP contribution < -0.4 is 0 Å². The predicted octanol–water partition coefficient (Wildman–Crippen LogP) is 4.87. The first-order valence-corrected chi connectivity index (χ1v) is 8.22. The van der Waals surface area contributed by atoms with E-state index < -0.39 is 7.60 Å². The molecule has 3 nitrogen and oxygen atoms in total. The standard InChI is InChI=1S/C11H15BrClO3P/c1-3-15-17(14,16-4-2)8-9-5-6-10(13)7-11(9)12/h5-7H,3-4,8H2,1-2H3. The molecule has 17 heavy (non-hydrogen) atoms. The lowest BCUT2D eigenvalue weighted by Crippen LogP contribution is -1.99. The summed E-state index contributed by atoms with van der Waals surface area (Å²) in [4.78, 5) is 0. The van der Waals surface area contributed by atoms with Crippen LogP contribution in [-0.2, 0) is 19.8 Å². The molecule has 0 saturated heterocycles. The average molecular weight is 342 g/mol. The van der Waals surface area contributed by atoms with Crippen molar-refractivity contribution in [1.82, 2.24) is 0 Å². The van der Waals surface area contributed by atoms with E-state index >= 15 is 0 Å². The van der Waals surface area contributed by atoms with Crippen LogP contribution in [0.4, 0.5) is 0 Å². The minimum Gasteiger partial charge on any atom is -0.309 e. The van der Waals surface area contributed by atoms with Crippen molar-refractivity contribution in [1.29, 1.82) is 0 Å². The number of benzene rings is 1.